The molecule has 0 saturated carbocycles. The second-order valence-electron chi connectivity index (χ2n) is 3.51. The van der Waals surface area contributed by atoms with Crippen molar-refractivity contribution in [2.45, 2.75) is 25.8 Å². The molecule has 0 aliphatic carbocycles. The maximum atomic E-state index is 11.5. The van der Waals surface area contributed by atoms with Crippen LogP contribution in [0.5, 0.6) is 0 Å². The molecule has 1 aromatic rings. The number of nitrogens with two attached hydrogens (primary N) is 1. The van der Waals surface area contributed by atoms with Crippen molar-refractivity contribution in [3.8, 4) is 0 Å². The predicted octanol–water partition coefficient (Wildman–Crippen LogP) is 0.631. The lowest BCUT2D eigenvalue weighted by Crippen LogP contribution is -2.23. The largest absolute Gasteiger partial charge is 0.455 e. The van der Waals surface area contributed by atoms with E-state index in [0.29, 0.717) is 24.6 Å². The van der Waals surface area contributed by atoms with Crippen LogP contribution >= 0.6 is 0 Å². The Morgan fingerprint density at radius 3 is 2.81 bits per heavy atom. The highest BCUT2D eigenvalue weighted by atomic mass is 16.4. The smallest absolute Gasteiger partial charge is 0.286 e. The molecule has 5 nitrogen and oxygen atoms in total. The van der Waals surface area contributed by atoms with Gasteiger partial charge in [-0.1, -0.05) is 0 Å². The second kappa shape index (κ2) is 7.03. The Labute approximate surface area is 94.6 Å². The topological polar surface area (TPSA) is 88.5 Å². The Morgan fingerprint density at radius 2 is 2.19 bits per heavy atom. The molecule has 1 rings (SSSR count). The highest BCUT2D eigenvalue weighted by molar-refractivity contribution is 5.91. The number of carbonyl (C=O) groups excluding carboxylic acids is 1. The molecule has 0 aromatic carbocycles. The minimum atomic E-state index is -0.219. The van der Waals surface area contributed by atoms with Crippen LogP contribution in [0.4, 0.5) is 0 Å². The average molecular weight is 226 g/mol. The van der Waals surface area contributed by atoms with Crippen molar-refractivity contribution in [1.82, 2.24) is 5.32 Å². The van der Waals surface area contributed by atoms with Gasteiger partial charge in [-0.25, -0.2) is 0 Å². The Balaban J connectivity index is 2.24. The molecule has 90 valence electrons. The number of aliphatic hydroxyl groups is 1. The summed E-state index contributed by atoms with van der Waals surface area (Å²) in [4.78, 5) is 11.5. The Morgan fingerprint density at radius 1 is 1.38 bits per heavy atom. The van der Waals surface area contributed by atoms with Gasteiger partial charge in [-0.2, -0.15) is 0 Å². The zero-order valence-electron chi connectivity index (χ0n) is 9.24. The van der Waals surface area contributed by atoms with Gasteiger partial charge in [-0.3, -0.25) is 4.79 Å². The fraction of sp³-hybridized carbons (Fsp3) is 0.545. The van der Waals surface area contributed by atoms with Crippen molar-refractivity contribution in [3.05, 3.63) is 23.7 Å². The van der Waals surface area contributed by atoms with E-state index in [1.54, 1.807) is 12.1 Å². The highest BCUT2D eigenvalue weighted by Gasteiger charge is 2.09. The molecule has 5 heteroatoms. The van der Waals surface area contributed by atoms with Gasteiger partial charge in [0.05, 0.1) is 6.54 Å². The lowest BCUT2D eigenvalue weighted by atomic mass is 10.2. The third kappa shape index (κ3) is 4.04. The second-order valence-corrected chi connectivity index (χ2v) is 3.51. The van der Waals surface area contributed by atoms with Crippen molar-refractivity contribution in [3.63, 3.8) is 0 Å². The van der Waals surface area contributed by atoms with Gasteiger partial charge in [0, 0.05) is 13.2 Å². The minimum Gasteiger partial charge on any atom is -0.455 e. The Kier molecular flexibility index (Phi) is 5.60. The summed E-state index contributed by atoms with van der Waals surface area (Å²) in [6, 6.07) is 3.31. The lowest BCUT2D eigenvalue weighted by Gasteiger charge is -2.02. The monoisotopic (exact) mass is 226 g/mol. The molecular weight excluding hydrogens is 208 g/mol. The van der Waals surface area contributed by atoms with E-state index in [-0.39, 0.29) is 12.5 Å². The molecule has 1 amide bonds. The van der Waals surface area contributed by atoms with Crippen molar-refractivity contribution < 1.29 is 14.3 Å². The fourth-order valence-electron chi connectivity index (χ4n) is 1.31. The zero-order valence-corrected chi connectivity index (χ0v) is 9.24. The van der Waals surface area contributed by atoms with Crippen LogP contribution in [0.15, 0.2) is 16.5 Å². The number of aliphatic hydroxyl groups excluding tert-OH is 1. The summed E-state index contributed by atoms with van der Waals surface area (Å²) in [6.45, 7) is 1.09. The van der Waals surface area contributed by atoms with E-state index in [2.05, 4.69) is 5.32 Å². The van der Waals surface area contributed by atoms with Crippen molar-refractivity contribution in [2.75, 3.05) is 13.2 Å². The number of furan rings is 1. The Bertz CT molecular complexity index is 323. The zero-order chi connectivity index (χ0) is 11.8. The maximum absolute atomic E-state index is 11.5. The van der Waals surface area contributed by atoms with Gasteiger partial charge < -0.3 is 20.6 Å². The van der Waals surface area contributed by atoms with Gasteiger partial charge in [0.2, 0.25) is 0 Å². The van der Waals surface area contributed by atoms with Gasteiger partial charge in [0.1, 0.15) is 5.76 Å². The molecule has 0 saturated heterocycles. The minimum absolute atomic E-state index is 0.200. The summed E-state index contributed by atoms with van der Waals surface area (Å²) < 4.78 is 5.20. The molecule has 0 unspecified atom stereocenters. The number of rotatable bonds is 7. The van der Waals surface area contributed by atoms with Crippen LogP contribution < -0.4 is 11.1 Å². The lowest BCUT2D eigenvalue weighted by molar-refractivity contribution is 0.0923. The van der Waals surface area contributed by atoms with E-state index in [0.717, 1.165) is 19.3 Å². The molecule has 0 bridgehead atoms. The predicted molar refractivity (Wildman–Crippen MR) is 59.9 cm³/mol. The molecular formula is C11H18N2O3. The van der Waals surface area contributed by atoms with E-state index in [1.165, 1.54) is 0 Å². The summed E-state index contributed by atoms with van der Waals surface area (Å²) in [5.41, 5.74) is 5.37. The van der Waals surface area contributed by atoms with Gasteiger partial charge in [-0.05, 0) is 31.4 Å². The quantitative estimate of drug-likeness (QED) is 0.595. The maximum Gasteiger partial charge on any atom is 0.286 e. The fourth-order valence-corrected chi connectivity index (χ4v) is 1.31. The van der Waals surface area contributed by atoms with Gasteiger partial charge in [-0.15, -0.1) is 0 Å². The first kappa shape index (κ1) is 12.7. The van der Waals surface area contributed by atoms with Crippen LogP contribution in [0.3, 0.4) is 0 Å². The number of nitrogens with one attached hydrogen (secondary N) is 1. The summed E-state index contributed by atoms with van der Waals surface area (Å²) >= 11 is 0. The Hall–Kier alpha value is -1.33. The van der Waals surface area contributed by atoms with E-state index in [1.807, 2.05) is 0 Å². The average Bonchev–Trinajstić information content (AvgIpc) is 2.77. The standard InChI is InChI=1S/C11H18N2O3/c12-8-9-4-5-10(16-9)11(15)13-6-2-1-3-7-14/h4-5,14H,1-3,6-8,12H2,(H,13,15). The third-order valence-electron chi connectivity index (χ3n) is 2.21. The summed E-state index contributed by atoms with van der Waals surface area (Å²) in [6.07, 6.45) is 2.54. The van der Waals surface area contributed by atoms with Crippen LogP contribution in [0.1, 0.15) is 35.6 Å². The van der Waals surface area contributed by atoms with Crippen molar-refractivity contribution in [2.24, 2.45) is 5.73 Å². The number of amides is 1. The molecule has 0 spiro atoms. The molecule has 1 heterocycles. The SMILES string of the molecule is NCc1ccc(C(=O)NCCCCCO)o1. The van der Waals surface area contributed by atoms with Gasteiger partial charge in [0.25, 0.3) is 5.91 Å². The molecule has 4 N–H and O–H groups in total. The first-order valence-corrected chi connectivity index (χ1v) is 5.45. The molecule has 0 radical (unpaired) electrons. The number of hydrogen-bond donors (Lipinski definition) is 3. The van der Waals surface area contributed by atoms with E-state index in [9.17, 15) is 4.79 Å². The van der Waals surface area contributed by atoms with Crippen molar-refractivity contribution in [1.29, 1.82) is 0 Å². The summed E-state index contributed by atoms with van der Waals surface area (Å²) in [5, 5.41) is 11.3. The molecule has 0 aliphatic rings. The first-order chi connectivity index (χ1) is 7.77. The number of carbonyl (C=O) groups is 1. The molecule has 0 fully saturated rings. The van der Waals surface area contributed by atoms with E-state index < -0.39 is 0 Å². The van der Waals surface area contributed by atoms with Crippen LogP contribution in [0, 0.1) is 0 Å². The number of unbranched alkanes of at least 4 members (excludes halogenated alkanes) is 2. The summed E-state index contributed by atoms with van der Waals surface area (Å²) in [5.74, 6) is 0.678. The molecule has 0 atom stereocenters. The summed E-state index contributed by atoms with van der Waals surface area (Å²) in [7, 11) is 0. The van der Waals surface area contributed by atoms with Gasteiger partial charge in [0.15, 0.2) is 5.76 Å². The van der Waals surface area contributed by atoms with Crippen LogP contribution in [0.2, 0.25) is 0 Å². The molecule has 1 aromatic heterocycles. The first-order valence-electron chi connectivity index (χ1n) is 5.45. The highest BCUT2D eigenvalue weighted by Crippen LogP contribution is 2.06. The van der Waals surface area contributed by atoms with Crippen molar-refractivity contribution >= 4 is 5.91 Å². The normalized spacial score (nSPS) is 10.4. The van der Waals surface area contributed by atoms with E-state index >= 15 is 0 Å². The van der Waals surface area contributed by atoms with Crippen LogP contribution in [-0.2, 0) is 6.54 Å². The molecule has 16 heavy (non-hydrogen) atoms. The van der Waals surface area contributed by atoms with Crippen LogP contribution in [0.25, 0.3) is 0 Å². The molecule has 0 aliphatic heterocycles. The van der Waals surface area contributed by atoms with E-state index in [4.69, 9.17) is 15.3 Å². The third-order valence-corrected chi connectivity index (χ3v) is 2.21. The van der Waals surface area contributed by atoms with Crippen LogP contribution in [-0.4, -0.2) is 24.2 Å². The van der Waals surface area contributed by atoms with Gasteiger partial charge >= 0.3 is 0 Å². The number of hydrogen-bond acceptors (Lipinski definition) is 4.